The summed E-state index contributed by atoms with van der Waals surface area (Å²) in [5.74, 6) is 0. The highest BCUT2D eigenvalue weighted by molar-refractivity contribution is 7.83. The molecule has 0 aliphatic heterocycles. The fourth-order valence-electron chi connectivity index (χ4n) is 0.990. The van der Waals surface area contributed by atoms with E-state index in [-0.39, 0.29) is 12.6 Å². The fraction of sp³-hybridized carbons (Fsp3) is 1.00. The molecule has 0 rings (SSSR count). The third-order valence-corrected chi connectivity index (χ3v) is 3.27. The number of nitrogens with one attached hydrogen (secondary N) is 2. The highest BCUT2D eigenvalue weighted by atomic mass is 32.2. The van der Waals surface area contributed by atoms with Gasteiger partial charge < -0.3 is 19.7 Å². The van der Waals surface area contributed by atoms with Gasteiger partial charge in [0.05, 0.1) is 0 Å². The first-order valence-corrected chi connectivity index (χ1v) is 8.29. The summed E-state index contributed by atoms with van der Waals surface area (Å²) in [6.45, 7) is 1.16. The smallest absolute Gasteiger partial charge is 0.390 e. The lowest BCUT2D eigenvalue weighted by atomic mass is 10.4. The molecule has 16 heavy (non-hydrogen) atoms. The maximum Gasteiger partial charge on any atom is 0.492 e. The second kappa shape index (κ2) is 7.29. The molecule has 0 amide bonds. The molecule has 0 radical (unpaired) electrons. The molecule has 8 nitrogen and oxygen atoms in total. The minimum absolute atomic E-state index is 0.0245. The molecule has 0 bridgehead atoms. The van der Waals surface area contributed by atoms with Crippen molar-refractivity contribution in [1.82, 2.24) is 10.0 Å². The molecule has 6 N–H and O–H groups in total. The number of hydrogen-bond acceptors (Lipinski definition) is 6. The average molecular weight is 274 g/mol. The molecule has 0 atom stereocenters. The Morgan fingerprint density at radius 2 is 1.56 bits per heavy atom. The Bertz CT molecular complexity index is 277. The van der Waals surface area contributed by atoms with Gasteiger partial charge in [0.15, 0.2) is 0 Å². The minimum atomic E-state index is -4.11. The first kappa shape index (κ1) is 15.9. The van der Waals surface area contributed by atoms with Crippen molar-refractivity contribution in [3.8, 4) is 0 Å². The van der Waals surface area contributed by atoms with Crippen molar-refractivity contribution in [3.63, 3.8) is 0 Å². The maximum atomic E-state index is 10.2. The largest absolute Gasteiger partial charge is 0.492 e. The third-order valence-electron chi connectivity index (χ3n) is 1.68. The van der Waals surface area contributed by atoms with E-state index in [4.69, 9.17) is 18.9 Å². The van der Waals surface area contributed by atoms with Gasteiger partial charge in [0.25, 0.3) is 0 Å². The monoisotopic (exact) mass is 274 g/mol. The van der Waals surface area contributed by atoms with Crippen molar-refractivity contribution in [2.24, 2.45) is 0 Å². The molecule has 0 heterocycles. The van der Waals surface area contributed by atoms with Gasteiger partial charge in [-0.25, -0.2) is 0 Å². The van der Waals surface area contributed by atoms with E-state index in [2.05, 4.69) is 5.32 Å². The molecule has 0 spiro atoms. The van der Waals surface area contributed by atoms with Crippen LogP contribution in [0, 0.1) is 0 Å². The van der Waals surface area contributed by atoms with E-state index < -0.39 is 19.1 Å². The van der Waals surface area contributed by atoms with Gasteiger partial charge >= 0.3 is 19.1 Å². The summed E-state index contributed by atoms with van der Waals surface area (Å²) in [6, 6.07) is -0.0245. The Kier molecular flexibility index (Phi) is 7.26. The Morgan fingerprint density at radius 3 is 2.06 bits per heavy atom. The summed E-state index contributed by atoms with van der Waals surface area (Å²) in [4.78, 5) is 26.0. The fourth-order valence-corrected chi connectivity index (χ4v) is 2.04. The summed E-state index contributed by atoms with van der Waals surface area (Å²) < 4.78 is 30.7. The van der Waals surface area contributed by atoms with Gasteiger partial charge in [-0.05, 0) is 25.9 Å². The van der Waals surface area contributed by atoms with E-state index >= 15 is 0 Å². The molecule has 98 valence electrons. The Hall–Kier alpha value is -0.0731. The van der Waals surface area contributed by atoms with E-state index in [1.54, 1.807) is 0 Å². The van der Waals surface area contributed by atoms with Crippen LogP contribution < -0.4 is 10.0 Å². The predicted molar refractivity (Wildman–Crippen MR) is 58.9 cm³/mol. The first-order valence-electron chi connectivity index (χ1n) is 4.81. The molecule has 0 unspecified atom stereocenters. The average Bonchev–Trinajstić information content (AvgIpc) is 2.06. The van der Waals surface area contributed by atoms with Crippen LogP contribution in [-0.4, -0.2) is 55.8 Å². The highest BCUT2D eigenvalue weighted by Gasteiger charge is 2.25. The summed E-state index contributed by atoms with van der Waals surface area (Å²) in [6.07, 6.45) is 0.932. The lowest BCUT2D eigenvalue weighted by Crippen LogP contribution is -2.35. The molecule has 0 aromatic rings. The van der Waals surface area contributed by atoms with Gasteiger partial charge in [0.2, 0.25) is 0 Å². The third kappa shape index (κ3) is 13.9. The van der Waals surface area contributed by atoms with Crippen molar-refractivity contribution >= 4 is 19.1 Å². The predicted octanol–water partition coefficient (Wildman–Crippen LogP) is -2.34. The van der Waals surface area contributed by atoms with Crippen LogP contribution in [0.25, 0.3) is 0 Å². The zero-order chi connectivity index (χ0) is 12.7. The van der Waals surface area contributed by atoms with Gasteiger partial charge in [-0.15, -0.1) is 0 Å². The number of rotatable bonds is 9. The van der Waals surface area contributed by atoms with Crippen LogP contribution in [-0.2, 0) is 10.3 Å². The van der Waals surface area contributed by atoms with E-state index in [0.717, 1.165) is 0 Å². The Balaban J connectivity index is 3.23. The molecule has 0 aliphatic carbocycles. The zero-order valence-corrected chi connectivity index (χ0v) is 10.6. The molecule has 0 aromatic heterocycles. The van der Waals surface area contributed by atoms with Crippen LogP contribution in [0.1, 0.15) is 12.8 Å². The molecule has 0 fully saturated rings. The van der Waals surface area contributed by atoms with Crippen molar-refractivity contribution < 1.29 is 27.4 Å². The summed E-state index contributed by atoms with van der Waals surface area (Å²) in [5, 5.41) is 2.92. The van der Waals surface area contributed by atoms with Gasteiger partial charge in [0, 0.05) is 12.6 Å². The summed E-state index contributed by atoms with van der Waals surface area (Å²) in [5.41, 5.74) is 0. The first-order chi connectivity index (χ1) is 7.21. The molecule has 0 saturated carbocycles. The van der Waals surface area contributed by atoms with E-state index in [0.29, 0.717) is 25.9 Å². The molecular weight excluding hydrogens is 256 g/mol. The molecule has 0 aliphatic rings. The van der Waals surface area contributed by atoms with E-state index in [9.17, 15) is 8.42 Å². The number of hydrogen-bond donors (Lipinski definition) is 6. The topological polar surface area (TPSA) is 139 Å². The summed E-state index contributed by atoms with van der Waals surface area (Å²) >= 11 is 0. The normalized spacial score (nSPS) is 13.0. The zero-order valence-electron chi connectivity index (χ0n) is 8.76. The van der Waals surface area contributed by atoms with Crippen LogP contribution in [0.2, 0.25) is 6.04 Å². The highest BCUT2D eigenvalue weighted by Crippen LogP contribution is 1.99. The second-order valence-electron chi connectivity index (χ2n) is 3.35. The van der Waals surface area contributed by atoms with Crippen LogP contribution in [0.5, 0.6) is 0 Å². The molecule has 10 heteroatoms. The lowest BCUT2D eigenvalue weighted by molar-refractivity contribution is 0.226. The van der Waals surface area contributed by atoms with E-state index in [1.807, 2.05) is 4.72 Å². The quantitative estimate of drug-likeness (QED) is 0.157. The minimum Gasteiger partial charge on any atom is -0.390 e. The van der Waals surface area contributed by atoms with Gasteiger partial charge in [-0.3, -0.25) is 4.55 Å². The molecule has 0 aromatic carbocycles. The van der Waals surface area contributed by atoms with E-state index in [1.165, 1.54) is 0 Å². The summed E-state index contributed by atoms with van der Waals surface area (Å²) in [7, 11) is -8.03. The van der Waals surface area contributed by atoms with Crippen molar-refractivity contribution in [2.45, 2.75) is 18.9 Å². The maximum absolute atomic E-state index is 10.2. The van der Waals surface area contributed by atoms with Crippen LogP contribution >= 0.6 is 0 Å². The Morgan fingerprint density at radius 1 is 1.00 bits per heavy atom. The van der Waals surface area contributed by atoms with Crippen LogP contribution in [0.4, 0.5) is 0 Å². The van der Waals surface area contributed by atoms with Gasteiger partial charge in [-0.1, -0.05) is 0 Å². The molecular formula is C6H18N2O6SSi. The van der Waals surface area contributed by atoms with Gasteiger partial charge in [0.1, 0.15) is 0 Å². The SMILES string of the molecule is O=S(=O)(O)NCCCNCCC[Si](O)(O)O. The Labute approximate surface area is 95.6 Å². The second-order valence-corrected chi connectivity index (χ2v) is 6.64. The van der Waals surface area contributed by atoms with Crippen LogP contribution in [0.15, 0.2) is 0 Å². The molecule has 0 saturated heterocycles. The lowest BCUT2D eigenvalue weighted by Gasteiger charge is -2.09. The van der Waals surface area contributed by atoms with Crippen molar-refractivity contribution in [2.75, 3.05) is 19.6 Å². The van der Waals surface area contributed by atoms with Crippen molar-refractivity contribution in [1.29, 1.82) is 0 Å². The van der Waals surface area contributed by atoms with Gasteiger partial charge in [-0.2, -0.15) is 13.1 Å². The van der Waals surface area contributed by atoms with Crippen molar-refractivity contribution in [3.05, 3.63) is 0 Å². The standard InChI is InChI=1S/C6H18N2O6SSi/c9-15(10,11)8-5-1-3-7-4-2-6-16(12,13)14/h7-8,12-14H,1-6H2,(H,9,10,11). The van der Waals surface area contributed by atoms with Crippen LogP contribution in [0.3, 0.4) is 0 Å².